The SMILES string of the molecule is CCCCC[C@H](NC(=O)[C@H](C)CC(=O)[C@H](CCC(=O)N[C@H](CC(C)=O)C(=O)OCc1ccccc1)NC(=O)[C@H](CNC(=O)OC(C)(C)C)CC(=O)c1ccc(-c2ccc(CCCC)cc2)cc1)C(=O)C[C@@H](C)B1OC2C[C@@H]3C[C@@H](C3(C)C)[C@]2(C)O1. The van der Waals surface area contributed by atoms with Crippen LogP contribution in [0.3, 0.4) is 0 Å². The summed E-state index contributed by atoms with van der Waals surface area (Å²) < 4.78 is 24.1. The van der Waals surface area contributed by atoms with E-state index in [1.54, 1.807) is 63.2 Å². The van der Waals surface area contributed by atoms with E-state index in [4.69, 9.17) is 18.8 Å². The summed E-state index contributed by atoms with van der Waals surface area (Å²) >= 11 is 0. The lowest BCUT2D eigenvalue weighted by Crippen LogP contribution is -2.65. The lowest BCUT2D eigenvalue weighted by Gasteiger charge is -2.64. The van der Waals surface area contributed by atoms with Gasteiger partial charge in [0.2, 0.25) is 17.7 Å². The fraction of sp³-hybridized carbons (Fsp3) is 0.597. The van der Waals surface area contributed by atoms with E-state index in [2.05, 4.69) is 61.1 Å². The molecule has 7 rings (SSSR count). The molecule has 0 radical (unpaired) electrons. The lowest BCUT2D eigenvalue weighted by atomic mass is 9.43. The van der Waals surface area contributed by atoms with Crippen LogP contribution in [0.4, 0.5) is 4.79 Å². The van der Waals surface area contributed by atoms with Crippen molar-refractivity contribution in [1.82, 2.24) is 21.3 Å². The van der Waals surface area contributed by atoms with Gasteiger partial charge in [-0.15, -0.1) is 0 Å². The van der Waals surface area contributed by atoms with Gasteiger partial charge in [-0.3, -0.25) is 33.6 Å². The van der Waals surface area contributed by atoms with E-state index >= 15 is 0 Å². The highest BCUT2D eigenvalue weighted by molar-refractivity contribution is 6.47. The fourth-order valence-corrected chi connectivity index (χ4v) is 12.1. The number of carbonyl (C=O) groups is 9. The van der Waals surface area contributed by atoms with E-state index in [0.29, 0.717) is 35.8 Å². The Morgan fingerprint density at radius 1 is 0.694 bits per heavy atom. The van der Waals surface area contributed by atoms with Crippen LogP contribution < -0.4 is 21.3 Å². The molecule has 0 aromatic heterocycles. The van der Waals surface area contributed by atoms with Crippen LogP contribution in [0.2, 0.25) is 5.82 Å². The zero-order valence-electron chi connectivity index (χ0n) is 52.1. The highest BCUT2D eigenvalue weighted by Gasteiger charge is 2.68. The van der Waals surface area contributed by atoms with Crippen LogP contribution in [-0.4, -0.2) is 102 Å². The Morgan fingerprint density at radius 3 is 1.94 bits per heavy atom. The molecule has 1 aliphatic heterocycles. The Labute approximate surface area is 503 Å². The number of benzene rings is 3. The van der Waals surface area contributed by atoms with Crippen LogP contribution in [0.25, 0.3) is 11.1 Å². The third kappa shape index (κ3) is 19.2. The molecule has 3 aromatic carbocycles. The molecule has 17 nitrogen and oxygen atoms in total. The molecular formula is C67H93BN4O13. The van der Waals surface area contributed by atoms with Gasteiger partial charge in [0.05, 0.1) is 29.7 Å². The van der Waals surface area contributed by atoms with E-state index in [-0.39, 0.29) is 55.5 Å². The molecule has 85 heavy (non-hydrogen) atoms. The van der Waals surface area contributed by atoms with Gasteiger partial charge >= 0.3 is 19.2 Å². The third-order valence-corrected chi connectivity index (χ3v) is 17.4. The van der Waals surface area contributed by atoms with E-state index in [1.165, 1.54) is 19.4 Å². The standard InChI is InChI=1S/C67H93BN4O13/c1-12-14-17-23-52(57(76)35-43(4)68-84-59-39-51-38-58(66(51,9)10)67(59,11)85-68)71-61(78)42(3)34-56(75)53(32-33-60(77)70-54(36-44(5)73)63(80)82-41-46-21-18-16-19-22-46)72-62(79)50(40-69-64(81)83-65(6,7)8)37-55(74)49-30-28-48(29-31-49)47-26-24-45(25-27-47)20-15-13-2/h16,18-19,21-22,24-31,42-43,50-54,58-59H,12-15,17,20,23,32-41H2,1-11H3,(H,69,81)(H,70,77)(H,71,78)(H,72,79)/t42-,43-,50+,51+,52+,53+,54-,58+,59?,67+/m1/s1. The minimum Gasteiger partial charge on any atom is -0.459 e. The number of ether oxygens (including phenoxy) is 2. The Morgan fingerprint density at radius 2 is 1.32 bits per heavy atom. The van der Waals surface area contributed by atoms with Crippen molar-refractivity contribution >= 4 is 60.0 Å². The predicted octanol–water partition coefficient (Wildman–Crippen LogP) is 10.6. The van der Waals surface area contributed by atoms with Crippen molar-refractivity contribution < 1.29 is 61.9 Å². The van der Waals surface area contributed by atoms with Crippen LogP contribution in [0.15, 0.2) is 78.9 Å². The Kier molecular flexibility index (Phi) is 24.4. The van der Waals surface area contributed by atoms with Gasteiger partial charge in [0.25, 0.3) is 0 Å². The average molecular weight is 1170 g/mol. The van der Waals surface area contributed by atoms with Gasteiger partial charge in [0.15, 0.2) is 17.3 Å². The maximum absolute atomic E-state index is 14.6. The molecule has 0 spiro atoms. The monoisotopic (exact) mass is 1170 g/mol. The number of nitrogens with one attached hydrogen (secondary N) is 4. The third-order valence-electron chi connectivity index (χ3n) is 17.4. The zero-order chi connectivity index (χ0) is 62.2. The highest BCUT2D eigenvalue weighted by atomic mass is 16.7. The van der Waals surface area contributed by atoms with Gasteiger partial charge in [-0.25, -0.2) is 9.59 Å². The maximum atomic E-state index is 14.6. The topological polar surface area (TPSA) is 239 Å². The summed E-state index contributed by atoms with van der Waals surface area (Å²) in [6, 6.07) is 20.4. The average Bonchev–Trinajstić information content (AvgIpc) is 1.70. The van der Waals surface area contributed by atoms with Crippen molar-refractivity contribution in [3.05, 3.63) is 95.6 Å². The molecule has 1 unspecified atom stereocenters. The van der Waals surface area contributed by atoms with E-state index in [9.17, 15) is 43.2 Å². The number of Topliss-reactive ketones (excluding diaryl/α,β-unsaturated/α-hetero) is 4. The summed E-state index contributed by atoms with van der Waals surface area (Å²) in [5.74, 6) is -6.27. The maximum Gasteiger partial charge on any atom is 0.461 e. The largest absolute Gasteiger partial charge is 0.461 e. The van der Waals surface area contributed by atoms with Crippen LogP contribution >= 0.6 is 0 Å². The number of alkyl carbamates (subject to hydrolysis) is 1. The summed E-state index contributed by atoms with van der Waals surface area (Å²) in [4.78, 5) is 124. The number of aryl methyl sites for hydroxylation is 1. The number of ketones is 4. The summed E-state index contributed by atoms with van der Waals surface area (Å²) in [7, 11) is -0.582. The quantitative estimate of drug-likeness (QED) is 0.0192. The molecule has 3 saturated carbocycles. The lowest BCUT2D eigenvalue weighted by molar-refractivity contribution is -0.199. The van der Waals surface area contributed by atoms with Crippen LogP contribution in [-0.2, 0) is 65.4 Å². The molecule has 1 heterocycles. The summed E-state index contributed by atoms with van der Waals surface area (Å²) in [5, 5.41) is 10.8. The molecule has 2 bridgehead atoms. The van der Waals surface area contributed by atoms with Crippen molar-refractivity contribution in [2.45, 2.75) is 220 Å². The molecule has 18 heteroatoms. The molecule has 4 aliphatic rings. The number of hydrogen-bond donors (Lipinski definition) is 4. The van der Waals surface area contributed by atoms with Crippen LogP contribution in [0, 0.1) is 29.1 Å². The van der Waals surface area contributed by atoms with Crippen molar-refractivity contribution in [2.75, 3.05) is 6.54 Å². The second kappa shape index (κ2) is 30.7. The van der Waals surface area contributed by atoms with Gasteiger partial charge in [-0.2, -0.15) is 0 Å². The first-order chi connectivity index (χ1) is 40.2. The van der Waals surface area contributed by atoms with Crippen LogP contribution in [0.1, 0.15) is 188 Å². The normalized spacial score (nSPS) is 20.6. The summed E-state index contributed by atoms with van der Waals surface area (Å²) in [6.45, 7) is 20.2. The molecule has 462 valence electrons. The summed E-state index contributed by atoms with van der Waals surface area (Å²) in [6.07, 6.45) is 5.13. The molecule has 10 atom stereocenters. The van der Waals surface area contributed by atoms with E-state index < -0.39 is 115 Å². The first-order valence-electron chi connectivity index (χ1n) is 30.9. The van der Waals surface area contributed by atoms with Gasteiger partial charge in [0, 0.05) is 50.1 Å². The van der Waals surface area contributed by atoms with Crippen molar-refractivity contribution in [2.24, 2.45) is 29.1 Å². The number of amides is 4. The van der Waals surface area contributed by atoms with Crippen molar-refractivity contribution in [3.63, 3.8) is 0 Å². The fourth-order valence-electron chi connectivity index (χ4n) is 12.1. The molecule has 3 aromatic rings. The van der Waals surface area contributed by atoms with E-state index in [1.807, 2.05) is 38.1 Å². The smallest absolute Gasteiger partial charge is 0.459 e. The second-order valence-electron chi connectivity index (χ2n) is 25.9. The molecule has 1 saturated heterocycles. The minimum absolute atomic E-state index is 0.0549. The molecule has 4 N–H and O–H groups in total. The Bertz CT molecular complexity index is 2800. The Hall–Kier alpha value is -6.53. The van der Waals surface area contributed by atoms with Gasteiger partial charge in [-0.05, 0) is 118 Å². The van der Waals surface area contributed by atoms with Crippen molar-refractivity contribution in [1.29, 1.82) is 0 Å². The van der Waals surface area contributed by atoms with Crippen LogP contribution in [0.5, 0.6) is 0 Å². The highest BCUT2D eigenvalue weighted by Crippen LogP contribution is 2.66. The van der Waals surface area contributed by atoms with Gasteiger partial charge in [-0.1, -0.05) is 146 Å². The number of carbonyl (C=O) groups excluding carboxylic acids is 9. The predicted molar refractivity (Wildman–Crippen MR) is 326 cm³/mol. The first kappa shape index (κ1) is 67.6. The molecule has 3 aliphatic carbocycles. The van der Waals surface area contributed by atoms with Gasteiger partial charge in [0.1, 0.15) is 24.0 Å². The summed E-state index contributed by atoms with van der Waals surface area (Å²) in [5.41, 5.74) is 2.88. The zero-order valence-corrected chi connectivity index (χ0v) is 52.1. The molecule has 4 fully saturated rings. The van der Waals surface area contributed by atoms with Gasteiger partial charge < -0.3 is 40.0 Å². The number of unbranched alkanes of at least 4 members (excludes halogenated alkanes) is 3. The first-order valence-corrected chi connectivity index (χ1v) is 30.9. The molecule has 4 amide bonds. The Balaban J connectivity index is 1.18. The molecular weight excluding hydrogens is 1080 g/mol. The number of esters is 1. The van der Waals surface area contributed by atoms with Crippen molar-refractivity contribution in [3.8, 4) is 11.1 Å². The second-order valence-corrected chi connectivity index (χ2v) is 25.9. The number of rotatable bonds is 33. The minimum atomic E-state index is -1.44. The van der Waals surface area contributed by atoms with E-state index in [0.717, 1.165) is 56.1 Å². The number of hydrogen-bond acceptors (Lipinski definition) is 13.